The molecule has 1 aromatic heterocycles. The Morgan fingerprint density at radius 3 is 1.93 bits per heavy atom. The summed E-state index contributed by atoms with van der Waals surface area (Å²) in [6.07, 6.45) is 0.0886. The molecule has 0 bridgehead atoms. The standard InChI is InChI=1S/C33H30N6O4S/c1-37-35-31(34-36-37)30-21-29(22-38(30)32(40)43-23-24-17-19-28(20-18-24)39(41)42)44-33(25-11-5-2-6-12-25,26-13-7-3-8-14-26)27-15-9-4-10-16-27/h2-20,29-30H,21-23H2,1H3. The van der Waals surface area contributed by atoms with E-state index in [0.717, 1.165) is 16.7 Å². The van der Waals surface area contributed by atoms with E-state index in [1.807, 2.05) is 30.0 Å². The van der Waals surface area contributed by atoms with Gasteiger partial charge in [0.25, 0.3) is 5.69 Å². The Kier molecular flexibility index (Phi) is 8.38. The van der Waals surface area contributed by atoms with Crippen molar-refractivity contribution < 1.29 is 14.5 Å². The van der Waals surface area contributed by atoms with Crippen molar-refractivity contribution in [1.29, 1.82) is 0 Å². The number of nitro benzene ring substituents is 1. The van der Waals surface area contributed by atoms with Gasteiger partial charge in [-0.05, 0) is 46.0 Å². The number of hydrogen-bond donors (Lipinski definition) is 0. The molecule has 44 heavy (non-hydrogen) atoms. The molecule has 1 amide bonds. The number of nitrogens with zero attached hydrogens (tertiary/aromatic N) is 6. The number of tetrazole rings is 1. The molecular weight excluding hydrogens is 576 g/mol. The summed E-state index contributed by atoms with van der Waals surface area (Å²) in [5.41, 5.74) is 4.04. The Labute approximate surface area is 258 Å². The van der Waals surface area contributed by atoms with Gasteiger partial charge in [0.1, 0.15) is 12.6 Å². The van der Waals surface area contributed by atoms with Crippen LogP contribution in [0.3, 0.4) is 0 Å². The summed E-state index contributed by atoms with van der Waals surface area (Å²) in [7, 11) is 1.69. The number of non-ortho nitro benzene ring substituents is 1. The number of amides is 1. The highest BCUT2D eigenvalue weighted by molar-refractivity contribution is 8.01. The molecule has 0 aliphatic carbocycles. The fraction of sp³-hybridized carbons (Fsp3) is 0.212. The zero-order valence-electron chi connectivity index (χ0n) is 24.0. The minimum Gasteiger partial charge on any atom is -0.445 e. The molecule has 11 heteroatoms. The van der Waals surface area contributed by atoms with Crippen molar-refractivity contribution in [2.75, 3.05) is 6.54 Å². The van der Waals surface area contributed by atoms with Crippen LogP contribution in [0.5, 0.6) is 0 Å². The fourth-order valence-corrected chi connectivity index (χ4v) is 7.51. The normalized spacial score (nSPS) is 16.5. The van der Waals surface area contributed by atoms with Gasteiger partial charge in [0.2, 0.25) is 0 Å². The topological polar surface area (TPSA) is 116 Å². The maximum Gasteiger partial charge on any atom is 0.410 e. The molecule has 0 N–H and O–H groups in total. The molecule has 1 aliphatic heterocycles. The lowest BCUT2D eigenvalue weighted by atomic mass is 9.84. The monoisotopic (exact) mass is 606 g/mol. The molecule has 6 rings (SSSR count). The van der Waals surface area contributed by atoms with Gasteiger partial charge in [-0.15, -0.1) is 22.0 Å². The summed E-state index contributed by atoms with van der Waals surface area (Å²) in [6.45, 7) is 0.384. The molecule has 4 aromatic carbocycles. The van der Waals surface area contributed by atoms with Gasteiger partial charge in [-0.1, -0.05) is 91.0 Å². The first-order chi connectivity index (χ1) is 21.4. The molecule has 0 radical (unpaired) electrons. The van der Waals surface area contributed by atoms with Crippen LogP contribution in [0.25, 0.3) is 0 Å². The van der Waals surface area contributed by atoms with Crippen molar-refractivity contribution in [2.45, 2.75) is 29.1 Å². The van der Waals surface area contributed by atoms with E-state index in [0.29, 0.717) is 24.4 Å². The highest BCUT2D eigenvalue weighted by Crippen LogP contribution is 2.53. The second kappa shape index (κ2) is 12.7. The number of carbonyl (C=O) groups is 1. The third-order valence-electron chi connectivity index (χ3n) is 7.71. The smallest absolute Gasteiger partial charge is 0.410 e. The van der Waals surface area contributed by atoms with Gasteiger partial charge in [-0.25, -0.2) is 4.79 Å². The van der Waals surface area contributed by atoms with Crippen LogP contribution in [-0.2, 0) is 23.1 Å². The van der Waals surface area contributed by atoms with Crippen LogP contribution in [-0.4, -0.2) is 47.9 Å². The van der Waals surface area contributed by atoms with E-state index in [1.165, 1.54) is 16.9 Å². The molecule has 1 saturated heterocycles. The Morgan fingerprint density at radius 2 is 1.45 bits per heavy atom. The van der Waals surface area contributed by atoms with Crippen LogP contribution >= 0.6 is 11.8 Å². The number of benzene rings is 4. The fourth-order valence-electron chi connectivity index (χ4n) is 5.68. The van der Waals surface area contributed by atoms with E-state index >= 15 is 0 Å². The second-order valence-electron chi connectivity index (χ2n) is 10.5. The van der Waals surface area contributed by atoms with Crippen molar-refractivity contribution in [1.82, 2.24) is 25.1 Å². The van der Waals surface area contributed by atoms with Crippen molar-refractivity contribution >= 4 is 23.5 Å². The van der Waals surface area contributed by atoms with Crippen LogP contribution < -0.4 is 0 Å². The minimum absolute atomic E-state index is 0.0173. The van der Waals surface area contributed by atoms with E-state index in [9.17, 15) is 14.9 Å². The van der Waals surface area contributed by atoms with Crippen molar-refractivity contribution in [3.8, 4) is 0 Å². The largest absolute Gasteiger partial charge is 0.445 e. The van der Waals surface area contributed by atoms with Gasteiger partial charge < -0.3 is 4.74 Å². The number of likely N-dealkylation sites (tertiary alicyclic amines) is 1. The number of carbonyl (C=O) groups excluding carboxylic acids is 1. The van der Waals surface area contributed by atoms with Gasteiger partial charge in [0, 0.05) is 23.9 Å². The zero-order chi connectivity index (χ0) is 30.5. The first-order valence-corrected chi connectivity index (χ1v) is 15.1. The lowest BCUT2D eigenvalue weighted by Gasteiger charge is -2.37. The number of hydrogen-bond acceptors (Lipinski definition) is 8. The van der Waals surface area contributed by atoms with Crippen LogP contribution in [0.1, 0.15) is 40.5 Å². The Morgan fingerprint density at radius 1 is 0.909 bits per heavy atom. The number of ether oxygens (including phenoxy) is 1. The van der Waals surface area contributed by atoms with Crippen LogP contribution in [0, 0.1) is 10.1 Å². The van der Waals surface area contributed by atoms with Gasteiger partial charge in [-0.3, -0.25) is 15.0 Å². The number of aromatic nitrogens is 4. The average molecular weight is 607 g/mol. The lowest BCUT2D eigenvalue weighted by Crippen LogP contribution is -2.33. The second-order valence-corrected chi connectivity index (χ2v) is 12.1. The van der Waals surface area contributed by atoms with Crippen molar-refractivity contribution in [2.24, 2.45) is 7.05 Å². The van der Waals surface area contributed by atoms with E-state index in [1.54, 1.807) is 24.1 Å². The summed E-state index contributed by atoms with van der Waals surface area (Å²) < 4.78 is 5.17. The Hall–Kier alpha value is -5.03. The van der Waals surface area contributed by atoms with Crippen LogP contribution in [0.2, 0.25) is 0 Å². The summed E-state index contributed by atoms with van der Waals surface area (Å²) in [4.78, 5) is 27.2. The molecule has 1 fully saturated rings. The molecule has 2 atom stereocenters. The quantitative estimate of drug-likeness (QED) is 0.109. The third-order valence-corrected chi connectivity index (χ3v) is 9.45. The molecule has 222 valence electrons. The Bertz CT molecular complexity index is 1620. The molecule has 0 saturated carbocycles. The van der Waals surface area contributed by atoms with Crippen molar-refractivity contribution in [3.63, 3.8) is 0 Å². The summed E-state index contributed by atoms with van der Waals surface area (Å²) in [5.74, 6) is 0.451. The van der Waals surface area contributed by atoms with E-state index < -0.39 is 21.8 Å². The van der Waals surface area contributed by atoms with Crippen LogP contribution in [0.15, 0.2) is 115 Å². The van der Waals surface area contributed by atoms with E-state index in [-0.39, 0.29) is 17.5 Å². The highest BCUT2D eigenvalue weighted by atomic mass is 32.2. The molecule has 1 aliphatic rings. The molecule has 0 spiro atoms. The molecule has 2 heterocycles. The van der Waals surface area contributed by atoms with Gasteiger partial charge >= 0.3 is 6.09 Å². The SMILES string of the molecule is Cn1nnc(C2CC(SC(c3ccccc3)(c3ccccc3)c3ccccc3)CN2C(=O)OCc2ccc([N+](=O)[O-])cc2)n1. The van der Waals surface area contributed by atoms with E-state index in [4.69, 9.17) is 4.74 Å². The Balaban J connectivity index is 1.33. The van der Waals surface area contributed by atoms with Gasteiger partial charge in [-0.2, -0.15) is 4.80 Å². The lowest BCUT2D eigenvalue weighted by molar-refractivity contribution is -0.384. The minimum atomic E-state index is -0.562. The summed E-state index contributed by atoms with van der Waals surface area (Å²) in [5, 5.41) is 23.7. The predicted octanol–water partition coefficient (Wildman–Crippen LogP) is 6.30. The maximum atomic E-state index is 13.6. The third kappa shape index (κ3) is 5.91. The molecule has 10 nitrogen and oxygen atoms in total. The highest BCUT2D eigenvalue weighted by Gasteiger charge is 2.46. The first kappa shape index (κ1) is 29.1. The summed E-state index contributed by atoms with van der Waals surface area (Å²) >= 11 is 1.81. The molecular formula is C33H30N6O4S. The van der Waals surface area contributed by atoms with Crippen LogP contribution in [0.4, 0.5) is 10.5 Å². The van der Waals surface area contributed by atoms with E-state index in [2.05, 4.69) is 88.2 Å². The number of aryl methyl sites for hydroxylation is 1. The van der Waals surface area contributed by atoms with Crippen molar-refractivity contribution in [3.05, 3.63) is 153 Å². The summed E-state index contributed by atoms with van der Waals surface area (Å²) in [6, 6.07) is 36.8. The van der Waals surface area contributed by atoms with Gasteiger partial charge in [0.05, 0.1) is 16.7 Å². The average Bonchev–Trinajstić information content (AvgIpc) is 3.70. The first-order valence-electron chi connectivity index (χ1n) is 14.2. The number of rotatable bonds is 9. The number of nitro groups is 1. The number of thioether (sulfide) groups is 1. The predicted molar refractivity (Wildman–Crippen MR) is 167 cm³/mol. The maximum absolute atomic E-state index is 13.6. The molecule has 5 aromatic rings. The van der Waals surface area contributed by atoms with Gasteiger partial charge in [0.15, 0.2) is 5.82 Å². The molecule has 2 unspecified atom stereocenters. The zero-order valence-corrected chi connectivity index (χ0v) is 24.8.